The molecule has 4 nitrogen and oxygen atoms in total. The summed E-state index contributed by atoms with van der Waals surface area (Å²) in [7, 11) is 1.98. The average molecular weight is 326 g/mol. The van der Waals surface area contributed by atoms with Gasteiger partial charge in [0.25, 0.3) is 0 Å². The monoisotopic (exact) mass is 325 g/mol. The number of carbonyl (C=O) groups excluding carboxylic acids is 1. The molecule has 1 aromatic carbocycles. The number of hydrogen-bond acceptors (Lipinski definition) is 3. The minimum absolute atomic E-state index is 0.0845. The molecule has 2 rings (SSSR count). The van der Waals surface area contributed by atoms with E-state index < -0.39 is 0 Å². The van der Waals surface area contributed by atoms with Crippen molar-refractivity contribution in [3.05, 3.63) is 28.7 Å². The van der Waals surface area contributed by atoms with Crippen molar-refractivity contribution < 1.29 is 4.79 Å². The van der Waals surface area contributed by atoms with Crippen molar-refractivity contribution in [1.29, 1.82) is 0 Å². The highest BCUT2D eigenvalue weighted by molar-refractivity contribution is 9.10. The van der Waals surface area contributed by atoms with Crippen LogP contribution in [0.4, 0.5) is 5.69 Å². The molecule has 2 atom stereocenters. The van der Waals surface area contributed by atoms with E-state index in [1.807, 2.05) is 36.2 Å². The van der Waals surface area contributed by atoms with Crippen LogP contribution in [0.1, 0.15) is 13.3 Å². The molecule has 1 aliphatic rings. The normalized spacial score (nSPS) is 25.5. The van der Waals surface area contributed by atoms with Crippen molar-refractivity contribution in [3.8, 4) is 0 Å². The van der Waals surface area contributed by atoms with Crippen molar-refractivity contribution in [2.75, 3.05) is 25.0 Å². The van der Waals surface area contributed by atoms with Crippen LogP contribution in [0.25, 0.3) is 0 Å². The fourth-order valence-corrected chi connectivity index (χ4v) is 2.97. The van der Waals surface area contributed by atoms with E-state index in [4.69, 9.17) is 5.73 Å². The molecule has 104 valence electrons. The Labute approximate surface area is 122 Å². The van der Waals surface area contributed by atoms with Crippen LogP contribution in [-0.2, 0) is 4.79 Å². The number of nitrogens with two attached hydrogens (primary N) is 1. The summed E-state index contributed by atoms with van der Waals surface area (Å²) >= 11 is 3.52. The van der Waals surface area contributed by atoms with Crippen molar-refractivity contribution in [2.24, 2.45) is 5.73 Å². The summed E-state index contributed by atoms with van der Waals surface area (Å²) in [5, 5.41) is 0. The largest absolute Gasteiger partial charge is 0.328 e. The lowest BCUT2D eigenvalue weighted by atomic mass is 10.2. The minimum atomic E-state index is -0.246. The molecule has 0 aromatic heterocycles. The Bertz CT molecular complexity index is 466. The second kappa shape index (κ2) is 6.03. The Balaban J connectivity index is 2.36. The first-order valence-electron chi connectivity index (χ1n) is 6.54. The van der Waals surface area contributed by atoms with Gasteiger partial charge in [-0.15, -0.1) is 0 Å². The van der Waals surface area contributed by atoms with Gasteiger partial charge in [0.15, 0.2) is 0 Å². The van der Waals surface area contributed by atoms with E-state index in [-0.39, 0.29) is 11.9 Å². The number of rotatable bonds is 2. The Kier molecular flexibility index (Phi) is 4.60. The second-order valence-corrected chi connectivity index (χ2v) is 5.85. The highest BCUT2D eigenvalue weighted by Gasteiger charge is 2.34. The van der Waals surface area contributed by atoms with Crippen LogP contribution in [0, 0.1) is 0 Å². The van der Waals surface area contributed by atoms with Crippen molar-refractivity contribution in [1.82, 2.24) is 4.90 Å². The van der Waals surface area contributed by atoms with E-state index >= 15 is 0 Å². The number of benzene rings is 1. The summed E-state index contributed by atoms with van der Waals surface area (Å²) in [6.45, 7) is 3.21. The molecule has 19 heavy (non-hydrogen) atoms. The standard InChI is InChI=1S/C14H20BrN3O/c1-10-7-8-18(12-6-4-3-5-11(12)15)14(19)13(9-16)17(10)2/h3-6,10,13H,7-9,16H2,1-2H3. The molecule has 0 aliphatic carbocycles. The number of anilines is 1. The molecular weight excluding hydrogens is 306 g/mol. The highest BCUT2D eigenvalue weighted by Crippen LogP contribution is 2.28. The molecule has 1 aliphatic heterocycles. The molecule has 0 bridgehead atoms. The molecule has 2 N–H and O–H groups in total. The van der Waals surface area contributed by atoms with E-state index in [0.29, 0.717) is 12.6 Å². The quantitative estimate of drug-likeness (QED) is 0.902. The number of carbonyl (C=O) groups is 1. The van der Waals surface area contributed by atoms with Crippen molar-refractivity contribution in [2.45, 2.75) is 25.4 Å². The molecule has 1 fully saturated rings. The predicted octanol–water partition coefficient (Wildman–Crippen LogP) is 1.83. The van der Waals surface area contributed by atoms with E-state index in [2.05, 4.69) is 27.8 Å². The van der Waals surface area contributed by atoms with Gasteiger partial charge in [0.1, 0.15) is 6.04 Å². The molecule has 1 saturated heterocycles. The minimum Gasteiger partial charge on any atom is -0.328 e. The van der Waals surface area contributed by atoms with Gasteiger partial charge in [-0.25, -0.2) is 0 Å². The Morgan fingerprint density at radius 3 is 2.74 bits per heavy atom. The molecule has 1 amide bonds. The zero-order chi connectivity index (χ0) is 14.0. The number of likely N-dealkylation sites (N-methyl/N-ethyl adjacent to an activating group) is 1. The number of hydrogen-bond donors (Lipinski definition) is 1. The average Bonchev–Trinajstić information content (AvgIpc) is 2.50. The van der Waals surface area contributed by atoms with Gasteiger partial charge < -0.3 is 10.6 Å². The van der Waals surface area contributed by atoms with E-state index in [9.17, 15) is 4.79 Å². The molecule has 2 unspecified atom stereocenters. The van der Waals surface area contributed by atoms with E-state index in [1.54, 1.807) is 0 Å². The summed E-state index contributed by atoms with van der Waals surface area (Å²) in [5.74, 6) is 0.0845. The molecule has 0 spiro atoms. The van der Waals surface area contributed by atoms with Gasteiger partial charge in [-0.3, -0.25) is 9.69 Å². The third-order valence-corrected chi connectivity index (χ3v) is 4.55. The summed E-state index contributed by atoms with van der Waals surface area (Å²) in [5.41, 5.74) is 6.72. The van der Waals surface area contributed by atoms with Crippen LogP contribution >= 0.6 is 15.9 Å². The Morgan fingerprint density at radius 1 is 1.42 bits per heavy atom. The molecule has 1 aromatic rings. The zero-order valence-electron chi connectivity index (χ0n) is 11.3. The first kappa shape index (κ1) is 14.5. The second-order valence-electron chi connectivity index (χ2n) is 5.00. The topological polar surface area (TPSA) is 49.6 Å². The molecule has 0 saturated carbocycles. The van der Waals surface area contributed by atoms with E-state index in [0.717, 1.165) is 23.1 Å². The number of halogens is 1. The molecule has 5 heteroatoms. The number of nitrogens with zero attached hydrogens (tertiary/aromatic N) is 2. The fraction of sp³-hybridized carbons (Fsp3) is 0.500. The van der Waals surface area contributed by atoms with Gasteiger partial charge in [0, 0.05) is 23.6 Å². The molecule has 0 radical (unpaired) electrons. The van der Waals surface area contributed by atoms with Crippen LogP contribution in [0.3, 0.4) is 0 Å². The van der Waals surface area contributed by atoms with E-state index in [1.165, 1.54) is 0 Å². The Morgan fingerprint density at radius 2 is 2.11 bits per heavy atom. The van der Waals surface area contributed by atoms with Gasteiger partial charge in [0.2, 0.25) is 5.91 Å². The highest BCUT2D eigenvalue weighted by atomic mass is 79.9. The van der Waals surface area contributed by atoms with Gasteiger partial charge in [-0.1, -0.05) is 12.1 Å². The number of amides is 1. The Hall–Kier alpha value is -0.910. The summed E-state index contributed by atoms with van der Waals surface area (Å²) in [4.78, 5) is 16.6. The van der Waals surface area contributed by atoms with Crippen LogP contribution in [0.5, 0.6) is 0 Å². The lowest BCUT2D eigenvalue weighted by molar-refractivity contribution is -0.122. The summed E-state index contributed by atoms with van der Waals surface area (Å²) in [6.07, 6.45) is 0.945. The summed E-state index contributed by atoms with van der Waals surface area (Å²) < 4.78 is 0.941. The van der Waals surface area contributed by atoms with Gasteiger partial charge in [-0.05, 0) is 48.5 Å². The zero-order valence-corrected chi connectivity index (χ0v) is 12.9. The van der Waals surface area contributed by atoms with Crippen molar-refractivity contribution >= 4 is 27.5 Å². The first-order valence-corrected chi connectivity index (χ1v) is 7.33. The van der Waals surface area contributed by atoms with Crippen LogP contribution in [-0.4, -0.2) is 43.0 Å². The maximum absolute atomic E-state index is 12.7. The lowest BCUT2D eigenvalue weighted by Crippen LogP contribution is -2.50. The smallest absolute Gasteiger partial charge is 0.245 e. The molecule has 1 heterocycles. The predicted molar refractivity (Wildman–Crippen MR) is 81.2 cm³/mol. The molecular formula is C14H20BrN3O. The SMILES string of the molecule is CC1CCN(c2ccccc2Br)C(=O)C(CN)N1C. The lowest BCUT2D eigenvalue weighted by Gasteiger charge is -2.29. The van der Waals surface area contributed by atoms with Crippen LogP contribution in [0.2, 0.25) is 0 Å². The maximum Gasteiger partial charge on any atom is 0.245 e. The van der Waals surface area contributed by atoms with Gasteiger partial charge in [-0.2, -0.15) is 0 Å². The first-order chi connectivity index (χ1) is 9.06. The van der Waals surface area contributed by atoms with Gasteiger partial charge >= 0.3 is 0 Å². The van der Waals surface area contributed by atoms with Gasteiger partial charge in [0.05, 0.1) is 5.69 Å². The third-order valence-electron chi connectivity index (χ3n) is 3.87. The van der Waals surface area contributed by atoms with Crippen molar-refractivity contribution in [3.63, 3.8) is 0 Å². The number of para-hydroxylation sites is 1. The summed E-state index contributed by atoms with van der Waals surface area (Å²) in [6, 6.07) is 7.92. The van der Waals surface area contributed by atoms with Crippen LogP contribution < -0.4 is 10.6 Å². The fourth-order valence-electron chi connectivity index (χ4n) is 2.47. The third kappa shape index (κ3) is 2.83. The van der Waals surface area contributed by atoms with Crippen LogP contribution in [0.15, 0.2) is 28.7 Å². The maximum atomic E-state index is 12.7.